The van der Waals surface area contributed by atoms with E-state index in [1.807, 2.05) is 26.0 Å². The molecule has 0 fully saturated rings. The fourth-order valence-corrected chi connectivity index (χ4v) is 2.44. The molecule has 24 heavy (non-hydrogen) atoms. The molecular formula is C17H27Cl2N3O2. The molecule has 0 bridgehead atoms. The molecule has 0 aliphatic rings. The van der Waals surface area contributed by atoms with Crippen LogP contribution in [-0.2, 0) is 9.59 Å². The van der Waals surface area contributed by atoms with Gasteiger partial charge in [-0.2, -0.15) is 0 Å². The second-order valence-electron chi connectivity index (χ2n) is 6.63. The van der Waals surface area contributed by atoms with E-state index in [2.05, 4.69) is 5.32 Å². The Balaban J connectivity index is 0.00000529. The third kappa shape index (κ3) is 7.51. The predicted octanol–water partition coefficient (Wildman–Crippen LogP) is 2.77. The van der Waals surface area contributed by atoms with Gasteiger partial charge in [-0.3, -0.25) is 9.59 Å². The van der Waals surface area contributed by atoms with Gasteiger partial charge >= 0.3 is 0 Å². The number of halogens is 2. The van der Waals surface area contributed by atoms with Crippen molar-refractivity contribution in [2.75, 3.05) is 20.1 Å². The molecule has 5 nitrogen and oxygen atoms in total. The van der Waals surface area contributed by atoms with Crippen LogP contribution in [0.2, 0.25) is 5.02 Å². The second kappa shape index (κ2) is 9.87. The fourth-order valence-electron chi connectivity index (χ4n) is 2.32. The number of amides is 2. The highest BCUT2D eigenvalue weighted by Crippen LogP contribution is 2.21. The van der Waals surface area contributed by atoms with E-state index in [4.69, 9.17) is 17.3 Å². The minimum absolute atomic E-state index is 0. The maximum Gasteiger partial charge on any atom is 0.224 e. The molecule has 0 spiro atoms. The van der Waals surface area contributed by atoms with Gasteiger partial charge in [-0.05, 0) is 29.7 Å². The second-order valence-corrected chi connectivity index (χ2v) is 7.06. The van der Waals surface area contributed by atoms with E-state index in [0.29, 0.717) is 18.1 Å². The number of nitrogens with zero attached hydrogens (tertiary/aromatic N) is 1. The number of benzene rings is 1. The number of carbonyl (C=O) groups is 2. The summed E-state index contributed by atoms with van der Waals surface area (Å²) in [6, 6.07) is 6.76. The summed E-state index contributed by atoms with van der Waals surface area (Å²) in [7, 11) is 1.76. The van der Waals surface area contributed by atoms with Crippen molar-refractivity contribution in [3.05, 3.63) is 34.9 Å². The quantitative estimate of drug-likeness (QED) is 0.768. The molecule has 1 aromatic carbocycles. The zero-order valence-electron chi connectivity index (χ0n) is 14.6. The largest absolute Gasteiger partial charge is 0.349 e. The van der Waals surface area contributed by atoms with Crippen molar-refractivity contribution in [1.82, 2.24) is 10.2 Å². The summed E-state index contributed by atoms with van der Waals surface area (Å²) >= 11 is 5.89. The summed E-state index contributed by atoms with van der Waals surface area (Å²) in [5.74, 6) is -0.220. The van der Waals surface area contributed by atoms with Crippen molar-refractivity contribution in [2.24, 2.45) is 11.1 Å². The van der Waals surface area contributed by atoms with Crippen LogP contribution >= 0.6 is 24.0 Å². The highest BCUT2D eigenvalue weighted by molar-refractivity contribution is 6.30. The first kappa shape index (κ1) is 22.7. The van der Waals surface area contributed by atoms with Crippen LogP contribution in [0.4, 0.5) is 0 Å². The van der Waals surface area contributed by atoms with Crippen molar-refractivity contribution >= 4 is 35.8 Å². The van der Waals surface area contributed by atoms with Gasteiger partial charge in [0.1, 0.15) is 0 Å². The zero-order valence-corrected chi connectivity index (χ0v) is 16.2. The molecule has 3 N–H and O–H groups in total. The van der Waals surface area contributed by atoms with Crippen molar-refractivity contribution in [2.45, 2.75) is 33.2 Å². The molecule has 136 valence electrons. The lowest BCUT2D eigenvalue weighted by molar-refractivity contribution is -0.132. The maximum absolute atomic E-state index is 12.5. The standard InChI is InChI=1S/C17H26ClN3O2.ClH/c1-12(22)20-15(13-5-7-14(18)8-6-13)9-16(23)21(4)11-17(2,3)10-19;/h5-8,15H,9-11,19H2,1-4H3,(H,20,22);1H. The summed E-state index contributed by atoms with van der Waals surface area (Å²) in [5.41, 5.74) is 6.43. The molecule has 0 saturated heterocycles. The van der Waals surface area contributed by atoms with Crippen LogP contribution in [0.15, 0.2) is 24.3 Å². The van der Waals surface area contributed by atoms with Crippen LogP contribution in [0.3, 0.4) is 0 Å². The Morgan fingerprint density at radius 2 is 1.83 bits per heavy atom. The smallest absolute Gasteiger partial charge is 0.224 e. The molecule has 0 aromatic heterocycles. The van der Waals surface area contributed by atoms with Gasteiger partial charge in [-0.25, -0.2) is 0 Å². The van der Waals surface area contributed by atoms with Gasteiger partial charge in [0.15, 0.2) is 0 Å². The molecule has 0 radical (unpaired) electrons. The molecule has 1 aromatic rings. The highest BCUT2D eigenvalue weighted by Gasteiger charge is 2.24. The molecule has 7 heteroatoms. The molecule has 1 unspecified atom stereocenters. The molecule has 0 heterocycles. The number of carbonyl (C=O) groups excluding carboxylic acids is 2. The number of nitrogens with one attached hydrogen (secondary N) is 1. The van der Waals surface area contributed by atoms with E-state index < -0.39 is 0 Å². The average Bonchev–Trinajstić information content (AvgIpc) is 2.46. The van der Waals surface area contributed by atoms with Crippen LogP contribution in [0, 0.1) is 5.41 Å². The topological polar surface area (TPSA) is 75.4 Å². The molecule has 2 amide bonds. The Hall–Kier alpha value is -1.30. The van der Waals surface area contributed by atoms with Gasteiger partial charge in [0, 0.05) is 25.5 Å². The van der Waals surface area contributed by atoms with Crippen molar-refractivity contribution < 1.29 is 9.59 Å². The summed E-state index contributed by atoms with van der Waals surface area (Å²) in [5, 5.41) is 3.44. The monoisotopic (exact) mass is 375 g/mol. The third-order valence-corrected chi connectivity index (χ3v) is 3.92. The lowest BCUT2D eigenvalue weighted by Gasteiger charge is -2.30. The van der Waals surface area contributed by atoms with E-state index in [1.165, 1.54) is 6.92 Å². The summed E-state index contributed by atoms with van der Waals surface area (Å²) in [4.78, 5) is 25.6. The minimum atomic E-state index is -0.374. The first-order valence-corrected chi connectivity index (χ1v) is 7.99. The van der Waals surface area contributed by atoms with Gasteiger partial charge in [0.25, 0.3) is 0 Å². The van der Waals surface area contributed by atoms with Gasteiger partial charge in [0.2, 0.25) is 11.8 Å². The lowest BCUT2D eigenvalue weighted by atomic mass is 9.93. The molecular weight excluding hydrogens is 349 g/mol. The Morgan fingerprint density at radius 3 is 2.29 bits per heavy atom. The van der Waals surface area contributed by atoms with Gasteiger partial charge < -0.3 is 16.0 Å². The molecule has 0 aliphatic heterocycles. The normalized spacial score (nSPS) is 12.1. The maximum atomic E-state index is 12.5. The first-order valence-electron chi connectivity index (χ1n) is 7.61. The van der Waals surface area contributed by atoms with E-state index in [0.717, 1.165) is 5.56 Å². The van der Waals surface area contributed by atoms with Crippen molar-refractivity contribution in [1.29, 1.82) is 0 Å². The average molecular weight is 376 g/mol. The number of hydrogen-bond acceptors (Lipinski definition) is 3. The zero-order chi connectivity index (χ0) is 17.6. The number of rotatable bonds is 7. The van der Waals surface area contributed by atoms with Crippen LogP contribution in [-0.4, -0.2) is 36.9 Å². The Bertz CT molecular complexity index is 547. The number of hydrogen-bond donors (Lipinski definition) is 2. The molecule has 0 aliphatic carbocycles. The van der Waals surface area contributed by atoms with Crippen molar-refractivity contribution in [3.63, 3.8) is 0 Å². The summed E-state index contributed by atoms with van der Waals surface area (Å²) in [6.45, 7) is 6.53. The van der Waals surface area contributed by atoms with Crippen LogP contribution in [0.1, 0.15) is 38.8 Å². The van der Waals surface area contributed by atoms with Gasteiger partial charge in [-0.1, -0.05) is 37.6 Å². The van der Waals surface area contributed by atoms with Crippen LogP contribution in [0.5, 0.6) is 0 Å². The predicted molar refractivity (Wildman–Crippen MR) is 100 cm³/mol. The fraction of sp³-hybridized carbons (Fsp3) is 0.529. The molecule has 1 atom stereocenters. The van der Waals surface area contributed by atoms with Crippen LogP contribution in [0.25, 0.3) is 0 Å². The van der Waals surface area contributed by atoms with E-state index in [-0.39, 0.29) is 42.1 Å². The van der Waals surface area contributed by atoms with E-state index in [9.17, 15) is 9.59 Å². The third-order valence-electron chi connectivity index (χ3n) is 3.67. The molecule has 0 saturated carbocycles. The SMILES string of the molecule is CC(=O)NC(CC(=O)N(C)CC(C)(C)CN)c1ccc(Cl)cc1.Cl. The van der Waals surface area contributed by atoms with Crippen LogP contribution < -0.4 is 11.1 Å². The van der Waals surface area contributed by atoms with Gasteiger partial charge in [-0.15, -0.1) is 12.4 Å². The van der Waals surface area contributed by atoms with Gasteiger partial charge in [0.05, 0.1) is 12.5 Å². The van der Waals surface area contributed by atoms with Crippen molar-refractivity contribution in [3.8, 4) is 0 Å². The first-order chi connectivity index (χ1) is 10.6. The summed E-state index contributed by atoms with van der Waals surface area (Å²) in [6.07, 6.45) is 0.193. The highest BCUT2D eigenvalue weighted by atomic mass is 35.5. The van der Waals surface area contributed by atoms with E-state index >= 15 is 0 Å². The van der Waals surface area contributed by atoms with E-state index in [1.54, 1.807) is 24.1 Å². The summed E-state index contributed by atoms with van der Waals surface area (Å²) < 4.78 is 0. The molecule has 1 rings (SSSR count). The Morgan fingerprint density at radius 1 is 1.29 bits per heavy atom. The Labute approximate surface area is 155 Å². The lowest BCUT2D eigenvalue weighted by Crippen LogP contribution is -2.41. The minimum Gasteiger partial charge on any atom is -0.349 e. The Kier molecular flexibility index (Phi) is 9.33. The number of nitrogens with two attached hydrogens (primary N) is 1.